The fourth-order valence-corrected chi connectivity index (χ4v) is 2.78. The topological polar surface area (TPSA) is 35.5 Å². The number of rotatable bonds is 4. The second kappa shape index (κ2) is 7.58. The van der Waals surface area contributed by atoms with Crippen molar-refractivity contribution in [3.63, 3.8) is 0 Å². The third-order valence-corrected chi connectivity index (χ3v) is 3.85. The Labute approximate surface area is 147 Å². The summed E-state index contributed by atoms with van der Waals surface area (Å²) in [5, 5.41) is 0. The van der Waals surface area contributed by atoms with Crippen LogP contribution in [0.15, 0.2) is 18.2 Å². The largest absolute Gasteiger partial charge is 0.514 e. The fraction of sp³-hybridized carbons (Fsp3) is 0.667. The van der Waals surface area contributed by atoms with Crippen molar-refractivity contribution in [2.75, 3.05) is 0 Å². The number of benzene rings is 1. The molecule has 0 saturated carbocycles. The molecule has 0 aliphatic carbocycles. The van der Waals surface area contributed by atoms with Crippen LogP contribution in [-0.2, 0) is 4.74 Å². The third-order valence-electron chi connectivity index (χ3n) is 3.85. The number of ether oxygens (including phenoxy) is 2. The molecule has 0 aliphatic heterocycles. The summed E-state index contributed by atoms with van der Waals surface area (Å²) in [6, 6.07) is 6.09. The Morgan fingerprint density at radius 3 is 2.08 bits per heavy atom. The Morgan fingerprint density at radius 2 is 1.67 bits per heavy atom. The maximum absolute atomic E-state index is 11.9. The smallest absolute Gasteiger partial charge is 0.428 e. The average Bonchev–Trinajstić information content (AvgIpc) is 2.35. The highest BCUT2D eigenvalue weighted by molar-refractivity contribution is 5.65. The van der Waals surface area contributed by atoms with E-state index in [0.29, 0.717) is 17.6 Å². The summed E-state index contributed by atoms with van der Waals surface area (Å²) in [5.41, 5.74) is 1.97. The van der Waals surface area contributed by atoms with Crippen molar-refractivity contribution in [2.45, 2.75) is 80.3 Å². The van der Waals surface area contributed by atoms with Crippen molar-refractivity contribution < 1.29 is 14.3 Å². The molecule has 0 radical (unpaired) electrons. The van der Waals surface area contributed by atoms with E-state index in [1.165, 1.54) is 5.56 Å². The molecule has 1 aromatic rings. The summed E-state index contributed by atoms with van der Waals surface area (Å²) < 4.78 is 10.6. The van der Waals surface area contributed by atoms with E-state index in [1.807, 2.05) is 33.8 Å². The maximum atomic E-state index is 11.9. The number of carbonyl (C=O) groups excluding carboxylic acids is 1. The van der Waals surface area contributed by atoms with Crippen LogP contribution in [0.3, 0.4) is 0 Å². The van der Waals surface area contributed by atoms with Crippen LogP contribution >= 0.6 is 0 Å². The minimum absolute atomic E-state index is 0.272. The molecule has 1 atom stereocenters. The minimum atomic E-state index is -0.659. The first-order chi connectivity index (χ1) is 10.8. The Hall–Kier alpha value is -1.51. The SMILES string of the molecule is Cc1cc(C(CC(C)(C)C)C(C)C)ccc1OC(=O)OC(C)(C)C. The predicted molar refractivity (Wildman–Crippen MR) is 99.7 cm³/mol. The lowest BCUT2D eigenvalue weighted by Gasteiger charge is -2.29. The molecular formula is C21H34O3. The van der Waals surface area contributed by atoms with E-state index in [4.69, 9.17) is 9.47 Å². The molecule has 1 aromatic carbocycles. The van der Waals surface area contributed by atoms with E-state index >= 15 is 0 Å². The van der Waals surface area contributed by atoms with Crippen LogP contribution in [0.4, 0.5) is 4.79 Å². The first-order valence-corrected chi connectivity index (χ1v) is 8.80. The second-order valence-corrected chi connectivity index (χ2v) is 9.21. The normalized spacial score (nSPS) is 13.8. The van der Waals surface area contributed by atoms with Crippen molar-refractivity contribution in [3.8, 4) is 5.75 Å². The molecule has 0 aliphatic rings. The number of carbonyl (C=O) groups is 1. The third kappa shape index (κ3) is 6.94. The standard InChI is InChI=1S/C21H34O3/c1-14(2)17(13-20(4,5)6)16-10-11-18(15(3)12-16)23-19(22)24-21(7,8)9/h10-12,14,17H,13H2,1-9H3. The van der Waals surface area contributed by atoms with Crippen LogP contribution in [0.2, 0.25) is 0 Å². The van der Waals surface area contributed by atoms with Gasteiger partial charge in [-0.15, -0.1) is 0 Å². The quantitative estimate of drug-likeness (QED) is 0.466. The van der Waals surface area contributed by atoms with Gasteiger partial charge in [-0.2, -0.15) is 0 Å². The summed E-state index contributed by atoms with van der Waals surface area (Å²) in [4.78, 5) is 11.9. The molecule has 0 heterocycles. The van der Waals surface area contributed by atoms with Crippen LogP contribution in [-0.4, -0.2) is 11.8 Å². The minimum Gasteiger partial charge on any atom is -0.428 e. The van der Waals surface area contributed by atoms with Crippen molar-refractivity contribution in [1.29, 1.82) is 0 Å². The highest BCUT2D eigenvalue weighted by atomic mass is 16.7. The van der Waals surface area contributed by atoms with E-state index in [1.54, 1.807) is 0 Å². The molecule has 0 bridgehead atoms. The van der Waals surface area contributed by atoms with Gasteiger partial charge in [0.1, 0.15) is 11.4 Å². The first kappa shape index (κ1) is 20.5. The fourth-order valence-electron chi connectivity index (χ4n) is 2.78. The van der Waals surface area contributed by atoms with Gasteiger partial charge in [0.2, 0.25) is 0 Å². The molecule has 0 fully saturated rings. The van der Waals surface area contributed by atoms with Gasteiger partial charge in [-0.1, -0.05) is 46.8 Å². The summed E-state index contributed by atoms with van der Waals surface area (Å²) in [5.74, 6) is 1.60. The number of hydrogen-bond donors (Lipinski definition) is 0. The van der Waals surface area contributed by atoms with Gasteiger partial charge in [-0.05, 0) is 68.6 Å². The molecule has 0 aromatic heterocycles. The second-order valence-electron chi connectivity index (χ2n) is 9.21. The lowest BCUT2D eigenvalue weighted by Crippen LogP contribution is -2.26. The van der Waals surface area contributed by atoms with Crippen LogP contribution in [0, 0.1) is 18.3 Å². The van der Waals surface area contributed by atoms with E-state index < -0.39 is 11.8 Å². The van der Waals surface area contributed by atoms with Gasteiger partial charge in [0.15, 0.2) is 0 Å². The van der Waals surface area contributed by atoms with Crippen molar-refractivity contribution in [1.82, 2.24) is 0 Å². The van der Waals surface area contributed by atoms with Crippen LogP contribution in [0.1, 0.15) is 78.9 Å². The lowest BCUT2D eigenvalue weighted by molar-refractivity contribution is 0.0204. The van der Waals surface area contributed by atoms with E-state index in [9.17, 15) is 4.79 Å². The van der Waals surface area contributed by atoms with Crippen LogP contribution in [0.5, 0.6) is 5.75 Å². The van der Waals surface area contributed by atoms with Crippen LogP contribution in [0.25, 0.3) is 0 Å². The maximum Gasteiger partial charge on any atom is 0.514 e. The van der Waals surface area contributed by atoms with Gasteiger partial charge in [0, 0.05) is 0 Å². The zero-order valence-electron chi connectivity index (χ0n) is 16.8. The Bertz CT molecular complexity index is 559. The molecule has 0 saturated heterocycles. The van der Waals surface area contributed by atoms with Gasteiger partial charge < -0.3 is 9.47 Å². The predicted octanol–water partition coefficient (Wildman–Crippen LogP) is 6.48. The Kier molecular flexibility index (Phi) is 6.49. The summed E-state index contributed by atoms with van der Waals surface area (Å²) in [6.07, 6.45) is 0.463. The number of hydrogen-bond acceptors (Lipinski definition) is 3. The lowest BCUT2D eigenvalue weighted by atomic mass is 9.76. The number of aryl methyl sites for hydroxylation is 1. The molecule has 0 N–H and O–H groups in total. The molecule has 3 heteroatoms. The van der Waals surface area contributed by atoms with Crippen molar-refractivity contribution in [3.05, 3.63) is 29.3 Å². The van der Waals surface area contributed by atoms with E-state index in [0.717, 1.165) is 12.0 Å². The average molecular weight is 335 g/mol. The molecule has 3 nitrogen and oxygen atoms in total. The van der Waals surface area contributed by atoms with Crippen molar-refractivity contribution >= 4 is 6.16 Å². The summed E-state index contributed by atoms with van der Waals surface area (Å²) in [6.45, 7) is 18.8. The van der Waals surface area contributed by atoms with Crippen LogP contribution < -0.4 is 4.74 Å². The highest BCUT2D eigenvalue weighted by Crippen LogP contribution is 2.37. The van der Waals surface area contributed by atoms with Gasteiger partial charge >= 0.3 is 6.16 Å². The van der Waals surface area contributed by atoms with Crippen molar-refractivity contribution in [2.24, 2.45) is 11.3 Å². The molecule has 24 heavy (non-hydrogen) atoms. The first-order valence-electron chi connectivity index (χ1n) is 8.80. The summed E-state index contributed by atoms with van der Waals surface area (Å²) >= 11 is 0. The molecule has 1 rings (SSSR count). The highest BCUT2D eigenvalue weighted by Gasteiger charge is 2.24. The van der Waals surface area contributed by atoms with Gasteiger partial charge in [-0.25, -0.2) is 4.79 Å². The van der Waals surface area contributed by atoms with Gasteiger partial charge in [0.05, 0.1) is 0 Å². The zero-order valence-corrected chi connectivity index (χ0v) is 16.8. The molecule has 136 valence electrons. The molecule has 0 amide bonds. The van der Waals surface area contributed by atoms with E-state index in [2.05, 4.69) is 46.8 Å². The van der Waals surface area contributed by atoms with Gasteiger partial charge in [0.25, 0.3) is 0 Å². The van der Waals surface area contributed by atoms with E-state index in [-0.39, 0.29) is 5.41 Å². The zero-order chi connectivity index (χ0) is 18.7. The Morgan fingerprint density at radius 1 is 1.08 bits per heavy atom. The van der Waals surface area contributed by atoms with Gasteiger partial charge in [-0.3, -0.25) is 0 Å². The Balaban J connectivity index is 2.95. The molecule has 0 spiro atoms. The molecule has 1 unspecified atom stereocenters. The molecular weight excluding hydrogens is 300 g/mol. The monoisotopic (exact) mass is 334 g/mol. The summed E-state index contributed by atoms with van der Waals surface area (Å²) in [7, 11) is 0.